The molecule has 0 unspecified atom stereocenters. The van der Waals surface area contributed by atoms with E-state index in [1.165, 1.54) is 6.92 Å². The summed E-state index contributed by atoms with van der Waals surface area (Å²) >= 11 is 0. The van der Waals surface area contributed by atoms with Crippen LogP contribution >= 0.6 is 0 Å². The van der Waals surface area contributed by atoms with Crippen LogP contribution in [0, 0.1) is 0 Å². The number of nitrogen functional groups attached to an aromatic ring is 1. The van der Waals surface area contributed by atoms with Gasteiger partial charge in [0.1, 0.15) is 5.82 Å². The molecule has 9 heteroatoms. The standard InChI is InChI=1S/C17H17N7O2/c1-10(25)20-12-8-24(9-12)13-7-19-15(18)14(21-13)17-23-22-16(26-17)11-5-3-2-4-6-11/h2-7,12H,8-9H2,1H3,(H2,18,19)(H,20,25). The molecule has 2 aromatic heterocycles. The van der Waals surface area contributed by atoms with Gasteiger partial charge in [-0.25, -0.2) is 9.97 Å². The Balaban J connectivity index is 1.56. The number of carbonyl (C=O) groups excluding carboxylic acids is 1. The molecule has 1 aromatic carbocycles. The molecule has 1 aliphatic rings. The molecular formula is C17H17N7O2. The third-order valence-corrected chi connectivity index (χ3v) is 4.05. The zero-order chi connectivity index (χ0) is 18.1. The smallest absolute Gasteiger partial charge is 0.270 e. The summed E-state index contributed by atoms with van der Waals surface area (Å²) in [6.45, 7) is 2.83. The maximum atomic E-state index is 11.1. The van der Waals surface area contributed by atoms with E-state index in [4.69, 9.17) is 10.2 Å². The first-order valence-electron chi connectivity index (χ1n) is 8.14. The minimum atomic E-state index is -0.0435. The van der Waals surface area contributed by atoms with Gasteiger partial charge in [-0.15, -0.1) is 10.2 Å². The number of aromatic nitrogens is 4. The molecule has 0 bridgehead atoms. The monoisotopic (exact) mass is 351 g/mol. The Labute approximate surface area is 149 Å². The molecule has 3 N–H and O–H groups in total. The van der Waals surface area contributed by atoms with Crippen molar-refractivity contribution in [2.75, 3.05) is 23.7 Å². The SMILES string of the molecule is CC(=O)NC1CN(c2cnc(N)c(-c3nnc(-c4ccccc4)o3)n2)C1. The van der Waals surface area contributed by atoms with E-state index in [0.29, 0.717) is 30.5 Å². The summed E-state index contributed by atoms with van der Waals surface area (Å²) < 4.78 is 5.72. The van der Waals surface area contributed by atoms with Gasteiger partial charge in [-0.1, -0.05) is 18.2 Å². The highest BCUT2D eigenvalue weighted by Gasteiger charge is 2.29. The lowest BCUT2D eigenvalue weighted by molar-refractivity contribution is -0.119. The van der Waals surface area contributed by atoms with Crippen LogP contribution in [0.3, 0.4) is 0 Å². The maximum absolute atomic E-state index is 11.1. The zero-order valence-electron chi connectivity index (χ0n) is 14.1. The summed E-state index contributed by atoms with van der Waals surface area (Å²) in [5.41, 5.74) is 7.11. The van der Waals surface area contributed by atoms with Crippen LogP contribution in [0.25, 0.3) is 23.0 Å². The molecule has 26 heavy (non-hydrogen) atoms. The van der Waals surface area contributed by atoms with Gasteiger partial charge in [-0.3, -0.25) is 4.79 Å². The van der Waals surface area contributed by atoms with Crippen molar-refractivity contribution in [3.63, 3.8) is 0 Å². The van der Waals surface area contributed by atoms with Crippen LogP contribution < -0.4 is 16.0 Å². The fraction of sp³-hybridized carbons (Fsp3) is 0.235. The molecular weight excluding hydrogens is 334 g/mol. The summed E-state index contributed by atoms with van der Waals surface area (Å²) in [7, 11) is 0. The number of carbonyl (C=O) groups is 1. The first-order valence-corrected chi connectivity index (χ1v) is 8.14. The largest absolute Gasteiger partial charge is 0.414 e. The first-order chi connectivity index (χ1) is 12.6. The number of nitrogens with two attached hydrogens (primary N) is 1. The molecule has 9 nitrogen and oxygen atoms in total. The molecule has 1 saturated heterocycles. The Morgan fingerprint density at radius 1 is 1.23 bits per heavy atom. The van der Waals surface area contributed by atoms with Crippen LogP contribution in [0.2, 0.25) is 0 Å². The minimum absolute atomic E-state index is 0.0435. The fourth-order valence-corrected chi connectivity index (χ4v) is 2.76. The fourth-order valence-electron chi connectivity index (χ4n) is 2.76. The molecule has 4 rings (SSSR count). The molecule has 1 aliphatic heterocycles. The molecule has 132 valence electrons. The highest BCUT2D eigenvalue weighted by atomic mass is 16.4. The average molecular weight is 351 g/mol. The predicted octanol–water partition coefficient (Wildman–Crippen LogP) is 1.10. The number of amides is 1. The second-order valence-electron chi connectivity index (χ2n) is 6.04. The van der Waals surface area contributed by atoms with Gasteiger partial charge in [0.15, 0.2) is 11.5 Å². The molecule has 3 heterocycles. The molecule has 0 atom stereocenters. The van der Waals surface area contributed by atoms with Crippen molar-refractivity contribution in [1.82, 2.24) is 25.5 Å². The quantitative estimate of drug-likeness (QED) is 0.716. The Morgan fingerprint density at radius 3 is 2.69 bits per heavy atom. The summed E-state index contributed by atoms with van der Waals surface area (Å²) in [6.07, 6.45) is 1.59. The van der Waals surface area contributed by atoms with Gasteiger partial charge in [0, 0.05) is 25.6 Å². The normalized spacial score (nSPS) is 14.1. The molecule has 0 spiro atoms. The highest BCUT2D eigenvalue weighted by Crippen LogP contribution is 2.28. The van der Waals surface area contributed by atoms with E-state index in [1.807, 2.05) is 35.2 Å². The van der Waals surface area contributed by atoms with Gasteiger partial charge in [-0.2, -0.15) is 0 Å². The lowest BCUT2D eigenvalue weighted by Crippen LogP contribution is -2.59. The van der Waals surface area contributed by atoms with Gasteiger partial charge in [-0.05, 0) is 12.1 Å². The Bertz CT molecular complexity index is 935. The third-order valence-electron chi connectivity index (χ3n) is 4.05. The molecule has 0 radical (unpaired) electrons. The Morgan fingerprint density at radius 2 is 1.96 bits per heavy atom. The maximum Gasteiger partial charge on any atom is 0.270 e. The number of benzene rings is 1. The van der Waals surface area contributed by atoms with E-state index < -0.39 is 0 Å². The first kappa shape index (κ1) is 16.0. The van der Waals surface area contributed by atoms with E-state index in [0.717, 1.165) is 5.56 Å². The number of rotatable bonds is 4. The third kappa shape index (κ3) is 3.06. The lowest BCUT2D eigenvalue weighted by atomic mass is 10.1. The lowest BCUT2D eigenvalue weighted by Gasteiger charge is -2.40. The number of hydrogen-bond donors (Lipinski definition) is 2. The molecule has 0 saturated carbocycles. The van der Waals surface area contributed by atoms with E-state index >= 15 is 0 Å². The van der Waals surface area contributed by atoms with Crippen molar-refractivity contribution >= 4 is 17.5 Å². The van der Waals surface area contributed by atoms with Crippen LogP contribution in [-0.2, 0) is 4.79 Å². The molecule has 3 aromatic rings. The van der Waals surface area contributed by atoms with Crippen LogP contribution in [0.1, 0.15) is 6.92 Å². The molecule has 1 fully saturated rings. The predicted molar refractivity (Wildman–Crippen MR) is 95.0 cm³/mol. The number of anilines is 2. The van der Waals surface area contributed by atoms with Crippen LogP contribution in [0.4, 0.5) is 11.6 Å². The van der Waals surface area contributed by atoms with E-state index in [1.54, 1.807) is 6.20 Å². The summed E-state index contributed by atoms with van der Waals surface area (Å²) in [5, 5.41) is 11.0. The van der Waals surface area contributed by atoms with Gasteiger partial charge in [0.05, 0.1) is 12.2 Å². The van der Waals surface area contributed by atoms with Crippen LogP contribution in [0.15, 0.2) is 40.9 Å². The van der Waals surface area contributed by atoms with Gasteiger partial charge < -0.3 is 20.4 Å². The number of nitrogens with one attached hydrogen (secondary N) is 1. The van der Waals surface area contributed by atoms with Crippen molar-refractivity contribution in [3.8, 4) is 23.0 Å². The molecule has 0 aliphatic carbocycles. The molecule has 1 amide bonds. The second kappa shape index (κ2) is 6.43. The summed E-state index contributed by atoms with van der Waals surface area (Å²) in [4.78, 5) is 21.8. The topological polar surface area (TPSA) is 123 Å². The summed E-state index contributed by atoms with van der Waals surface area (Å²) in [5.74, 6) is 1.43. The second-order valence-corrected chi connectivity index (χ2v) is 6.04. The summed E-state index contributed by atoms with van der Waals surface area (Å²) in [6, 6.07) is 9.57. The van der Waals surface area contributed by atoms with Crippen molar-refractivity contribution in [1.29, 1.82) is 0 Å². The van der Waals surface area contributed by atoms with E-state index in [2.05, 4.69) is 25.5 Å². The van der Waals surface area contributed by atoms with Crippen molar-refractivity contribution in [3.05, 3.63) is 36.5 Å². The zero-order valence-corrected chi connectivity index (χ0v) is 14.1. The van der Waals surface area contributed by atoms with Crippen molar-refractivity contribution < 1.29 is 9.21 Å². The van der Waals surface area contributed by atoms with Gasteiger partial charge in [0.25, 0.3) is 5.89 Å². The van der Waals surface area contributed by atoms with E-state index in [9.17, 15) is 4.79 Å². The van der Waals surface area contributed by atoms with Crippen LogP contribution in [0.5, 0.6) is 0 Å². The van der Waals surface area contributed by atoms with Gasteiger partial charge in [0.2, 0.25) is 11.8 Å². The number of nitrogens with zero attached hydrogens (tertiary/aromatic N) is 5. The number of hydrogen-bond acceptors (Lipinski definition) is 8. The van der Waals surface area contributed by atoms with Crippen molar-refractivity contribution in [2.45, 2.75) is 13.0 Å². The Hall–Kier alpha value is -3.49. The van der Waals surface area contributed by atoms with Crippen LogP contribution in [-0.4, -0.2) is 45.2 Å². The highest BCUT2D eigenvalue weighted by molar-refractivity contribution is 5.74. The Kier molecular flexibility index (Phi) is 3.96. The van der Waals surface area contributed by atoms with Gasteiger partial charge >= 0.3 is 0 Å². The van der Waals surface area contributed by atoms with Crippen molar-refractivity contribution in [2.24, 2.45) is 0 Å². The van der Waals surface area contributed by atoms with E-state index in [-0.39, 0.29) is 23.7 Å². The average Bonchev–Trinajstić information content (AvgIpc) is 3.09. The minimum Gasteiger partial charge on any atom is -0.414 e.